The van der Waals surface area contributed by atoms with Crippen molar-refractivity contribution >= 4 is 5.97 Å². The van der Waals surface area contributed by atoms with Crippen molar-refractivity contribution in [3.05, 3.63) is 35.4 Å². The van der Waals surface area contributed by atoms with Crippen LogP contribution in [-0.2, 0) is 22.1 Å². The maximum absolute atomic E-state index is 13.0. The van der Waals surface area contributed by atoms with Crippen LogP contribution in [0.5, 0.6) is 0 Å². The number of ether oxygens (including phenoxy) is 1. The largest absolute Gasteiger partial charge is 0.462 e. The minimum atomic E-state index is -4.35. The Morgan fingerprint density at radius 1 is 1.38 bits per heavy atom. The van der Waals surface area contributed by atoms with Gasteiger partial charge >= 0.3 is 12.1 Å². The lowest BCUT2D eigenvalue weighted by atomic mass is 9.93. The van der Waals surface area contributed by atoms with Crippen LogP contribution in [0, 0.1) is 0 Å². The molecule has 0 spiro atoms. The molecule has 1 aliphatic rings. The first kappa shape index (κ1) is 15.8. The molecule has 1 aromatic rings. The van der Waals surface area contributed by atoms with Crippen LogP contribution in [-0.4, -0.2) is 24.7 Å². The Balaban J connectivity index is 2.06. The van der Waals surface area contributed by atoms with E-state index >= 15 is 0 Å². The fourth-order valence-electron chi connectivity index (χ4n) is 2.70. The first-order chi connectivity index (χ1) is 9.86. The number of nitrogens with one attached hydrogen (secondary N) is 1. The van der Waals surface area contributed by atoms with Gasteiger partial charge in [-0.3, -0.25) is 4.79 Å². The summed E-state index contributed by atoms with van der Waals surface area (Å²) < 4.78 is 44.0. The highest BCUT2D eigenvalue weighted by Gasteiger charge is 2.34. The Kier molecular flexibility index (Phi) is 4.88. The fourth-order valence-corrected chi connectivity index (χ4v) is 2.70. The SMILES string of the molecule is CC(=O)OC1CCNC(Cc2ccccc2C(F)(F)F)C1. The van der Waals surface area contributed by atoms with Crippen LogP contribution in [0.15, 0.2) is 24.3 Å². The Bertz CT molecular complexity index is 502. The van der Waals surface area contributed by atoms with Crippen molar-refractivity contribution in [1.29, 1.82) is 0 Å². The molecule has 0 amide bonds. The molecule has 1 fully saturated rings. The predicted molar refractivity (Wildman–Crippen MR) is 71.7 cm³/mol. The molecule has 1 saturated heterocycles. The van der Waals surface area contributed by atoms with E-state index in [1.54, 1.807) is 6.07 Å². The molecule has 1 aromatic carbocycles. The van der Waals surface area contributed by atoms with Gasteiger partial charge in [0.25, 0.3) is 0 Å². The van der Waals surface area contributed by atoms with Gasteiger partial charge in [-0.2, -0.15) is 13.2 Å². The van der Waals surface area contributed by atoms with E-state index in [9.17, 15) is 18.0 Å². The van der Waals surface area contributed by atoms with Crippen molar-refractivity contribution in [2.24, 2.45) is 0 Å². The summed E-state index contributed by atoms with van der Waals surface area (Å²) in [6.07, 6.45) is -3.07. The average molecular weight is 301 g/mol. The summed E-state index contributed by atoms with van der Waals surface area (Å²) in [6.45, 7) is 1.98. The molecule has 2 rings (SSSR count). The molecule has 0 aliphatic carbocycles. The monoisotopic (exact) mass is 301 g/mol. The van der Waals surface area contributed by atoms with Gasteiger partial charge in [0.1, 0.15) is 6.10 Å². The van der Waals surface area contributed by atoms with Crippen LogP contribution >= 0.6 is 0 Å². The molecule has 0 radical (unpaired) electrons. The number of esters is 1. The molecule has 3 nitrogen and oxygen atoms in total. The summed E-state index contributed by atoms with van der Waals surface area (Å²) in [5.41, 5.74) is -0.326. The van der Waals surface area contributed by atoms with Crippen LogP contribution in [0.3, 0.4) is 0 Å². The van der Waals surface area contributed by atoms with E-state index in [2.05, 4.69) is 5.32 Å². The van der Waals surface area contributed by atoms with Crippen molar-refractivity contribution < 1.29 is 22.7 Å². The van der Waals surface area contributed by atoms with Crippen molar-refractivity contribution in [3.8, 4) is 0 Å². The number of hydrogen-bond acceptors (Lipinski definition) is 3. The highest BCUT2D eigenvalue weighted by molar-refractivity contribution is 5.66. The molecule has 0 aromatic heterocycles. The third-order valence-corrected chi connectivity index (χ3v) is 3.57. The molecule has 0 saturated carbocycles. The second-order valence-electron chi connectivity index (χ2n) is 5.27. The summed E-state index contributed by atoms with van der Waals surface area (Å²) in [4.78, 5) is 11.0. The van der Waals surface area contributed by atoms with Gasteiger partial charge in [-0.1, -0.05) is 18.2 Å². The van der Waals surface area contributed by atoms with Gasteiger partial charge in [-0.15, -0.1) is 0 Å². The Labute approximate surface area is 121 Å². The Hall–Kier alpha value is -1.56. The molecule has 2 unspecified atom stereocenters. The number of carbonyl (C=O) groups excluding carboxylic acids is 1. The molecule has 1 N–H and O–H groups in total. The quantitative estimate of drug-likeness (QED) is 0.872. The van der Waals surface area contributed by atoms with E-state index in [-0.39, 0.29) is 30.1 Å². The second kappa shape index (κ2) is 6.47. The lowest BCUT2D eigenvalue weighted by Crippen LogP contribution is -2.43. The molecule has 116 valence electrons. The highest BCUT2D eigenvalue weighted by atomic mass is 19.4. The summed E-state index contributed by atoms with van der Waals surface area (Å²) in [7, 11) is 0. The summed E-state index contributed by atoms with van der Waals surface area (Å²) in [6, 6.07) is 5.48. The van der Waals surface area contributed by atoms with E-state index in [0.29, 0.717) is 19.4 Å². The maximum atomic E-state index is 13.0. The Morgan fingerprint density at radius 2 is 2.10 bits per heavy atom. The number of piperidine rings is 1. The molecule has 1 aliphatic heterocycles. The van der Waals surface area contributed by atoms with Gasteiger partial charge in [-0.25, -0.2) is 0 Å². The fraction of sp³-hybridized carbons (Fsp3) is 0.533. The second-order valence-corrected chi connectivity index (χ2v) is 5.27. The van der Waals surface area contributed by atoms with Crippen LogP contribution in [0.25, 0.3) is 0 Å². The molecular weight excluding hydrogens is 283 g/mol. The maximum Gasteiger partial charge on any atom is 0.416 e. The number of benzene rings is 1. The van der Waals surface area contributed by atoms with Crippen LogP contribution < -0.4 is 5.32 Å². The van der Waals surface area contributed by atoms with Crippen molar-refractivity contribution in [2.45, 2.75) is 44.5 Å². The van der Waals surface area contributed by atoms with Crippen LogP contribution in [0.4, 0.5) is 13.2 Å². The highest BCUT2D eigenvalue weighted by Crippen LogP contribution is 2.32. The lowest BCUT2D eigenvalue weighted by molar-refractivity contribution is -0.147. The molecule has 2 atom stereocenters. The summed E-state index contributed by atoms with van der Waals surface area (Å²) in [5.74, 6) is -0.351. The van der Waals surface area contributed by atoms with Crippen molar-refractivity contribution in [1.82, 2.24) is 5.32 Å². The molecule has 0 bridgehead atoms. The zero-order chi connectivity index (χ0) is 15.5. The summed E-state index contributed by atoms with van der Waals surface area (Å²) in [5, 5.41) is 3.19. The number of carbonyl (C=O) groups is 1. The van der Waals surface area contributed by atoms with E-state index in [1.165, 1.54) is 19.1 Å². The van der Waals surface area contributed by atoms with Gasteiger partial charge in [0.05, 0.1) is 5.56 Å². The molecule has 1 heterocycles. The van der Waals surface area contributed by atoms with Gasteiger partial charge in [0.15, 0.2) is 0 Å². The topological polar surface area (TPSA) is 38.3 Å². The smallest absolute Gasteiger partial charge is 0.416 e. The van der Waals surface area contributed by atoms with E-state index in [4.69, 9.17) is 4.74 Å². The average Bonchev–Trinajstić information content (AvgIpc) is 2.37. The van der Waals surface area contributed by atoms with Gasteiger partial charge < -0.3 is 10.1 Å². The number of alkyl halides is 3. The third kappa shape index (κ3) is 4.46. The minimum Gasteiger partial charge on any atom is -0.462 e. The first-order valence-electron chi connectivity index (χ1n) is 6.92. The number of halogens is 3. The first-order valence-corrected chi connectivity index (χ1v) is 6.92. The predicted octanol–water partition coefficient (Wildman–Crippen LogP) is 2.93. The van der Waals surface area contributed by atoms with Crippen LogP contribution in [0.1, 0.15) is 30.9 Å². The zero-order valence-electron chi connectivity index (χ0n) is 11.7. The van der Waals surface area contributed by atoms with Gasteiger partial charge in [0.2, 0.25) is 0 Å². The minimum absolute atomic E-state index is 0.119. The number of hydrogen-bond donors (Lipinski definition) is 1. The third-order valence-electron chi connectivity index (χ3n) is 3.57. The number of rotatable bonds is 3. The molecule has 21 heavy (non-hydrogen) atoms. The van der Waals surface area contributed by atoms with Crippen molar-refractivity contribution in [2.75, 3.05) is 6.54 Å². The van der Waals surface area contributed by atoms with Gasteiger partial charge in [0, 0.05) is 19.4 Å². The Morgan fingerprint density at radius 3 is 2.76 bits per heavy atom. The molecule has 6 heteroatoms. The van der Waals surface area contributed by atoms with E-state index in [0.717, 1.165) is 6.07 Å². The zero-order valence-corrected chi connectivity index (χ0v) is 11.7. The van der Waals surface area contributed by atoms with Crippen LogP contribution in [0.2, 0.25) is 0 Å². The normalized spacial score (nSPS) is 22.9. The molecular formula is C15H18F3NO2. The van der Waals surface area contributed by atoms with Crippen molar-refractivity contribution in [3.63, 3.8) is 0 Å². The van der Waals surface area contributed by atoms with Gasteiger partial charge in [-0.05, 0) is 31.0 Å². The van der Waals surface area contributed by atoms with E-state index < -0.39 is 11.7 Å². The standard InChI is InChI=1S/C15H18F3NO2/c1-10(20)21-13-6-7-19-12(9-13)8-11-4-2-3-5-14(11)15(16,17)18/h2-5,12-13,19H,6-9H2,1H3. The summed E-state index contributed by atoms with van der Waals surface area (Å²) >= 11 is 0. The lowest BCUT2D eigenvalue weighted by Gasteiger charge is -2.30. The van der Waals surface area contributed by atoms with E-state index in [1.807, 2.05) is 0 Å².